The van der Waals surface area contributed by atoms with E-state index in [1.807, 2.05) is 0 Å². The van der Waals surface area contributed by atoms with E-state index in [9.17, 15) is 0 Å². The van der Waals surface area contributed by atoms with Gasteiger partial charge in [-0.1, -0.05) is 158 Å². The summed E-state index contributed by atoms with van der Waals surface area (Å²) in [5.74, 6) is 0. The van der Waals surface area contributed by atoms with E-state index in [0.29, 0.717) is 0 Å². The van der Waals surface area contributed by atoms with Gasteiger partial charge in [0.2, 0.25) is 0 Å². The van der Waals surface area contributed by atoms with Gasteiger partial charge in [-0.25, -0.2) is 0 Å². The molecule has 9 aromatic rings. The topological polar surface area (TPSA) is 8.17 Å². The minimum absolute atomic E-state index is 1.09. The Morgan fingerprint density at radius 1 is 0.320 bits per heavy atom. The van der Waals surface area contributed by atoms with Gasteiger partial charge in [0.1, 0.15) is 0 Å². The maximum Gasteiger partial charge on any atom is 0.0561 e. The third-order valence-electron chi connectivity index (χ3n) is 9.59. The molecule has 0 aliphatic heterocycles. The number of fused-ring (bicyclic) bond motifs is 3. The van der Waals surface area contributed by atoms with Crippen molar-refractivity contribution in [3.63, 3.8) is 0 Å². The predicted molar refractivity (Wildman–Crippen MR) is 212 cm³/mol. The lowest BCUT2D eigenvalue weighted by Crippen LogP contribution is -2.11. The first-order valence-corrected chi connectivity index (χ1v) is 17.1. The third-order valence-corrected chi connectivity index (χ3v) is 9.59. The molecule has 0 N–H and O–H groups in total. The fourth-order valence-electron chi connectivity index (χ4n) is 7.20. The van der Waals surface area contributed by atoms with Crippen molar-refractivity contribution in [3.05, 3.63) is 206 Å². The lowest BCUT2D eigenvalue weighted by molar-refractivity contribution is 1.18. The van der Waals surface area contributed by atoms with E-state index < -0.39 is 0 Å². The summed E-state index contributed by atoms with van der Waals surface area (Å²) in [6, 6.07) is 74.1. The standard InChI is InChI=1S/C48H34N2/c1-5-15-35(16-6-1)37-25-28-41(29-26-37)49(47-33-39(36-17-7-2-8-18-36)27-31-43(47)38-19-9-3-10-20-38)42-30-32-45-44-23-13-14-24-46(44)50(48(45)34-42)40-21-11-4-12-22-40/h1-34H. The second kappa shape index (κ2) is 12.8. The molecule has 9 rings (SSSR count). The van der Waals surface area contributed by atoms with E-state index in [1.54, 1.807) is 0 Å². The van der Waals surface area contributed by atoms with Crippen LogP contribution in [0.25, 0.3) is 60.9 Å². The van der Waals surface area contributed by atoms with Gasteiger partial charge in [0, 0.05) is 33.4 Å². The zero-order valence-corrected chi connectivity index (χ0v) is 27.5. The van der Waals surface area contributed by atoms with Crippen molar-refractivity contribution < 1.29 is 0 Å². The van der Waals surface area contributed by atoms with Crippen LogP contribution in [-0.2, 0) is 0 Å². The van der Waals surface area contributed by atoms with Gasteiger partial charge in [0.25, 0.3) is 0 Å². The number of benzene rings is 8. The fourth-order valence-corrected chi connectivity index (χ4v) is 7.20. The minimum atomic E-state index is 1.09. The Kier molecular flexibility index (Phi) is 7.53. The van der Waals surface area contributed by atoms with Crippen molar-refractivity contribution in [1.29, 1.82) is 0 Å². The molecule has 1 heterocycles. The highest BCUT2D eigenvalue weighted by Crippen LogP contribution is 2.45. The molecule has 0 saturated heterocycles. The van der Waals surface area contributed by atoms with Crippen LogP contribution in [0.5, 0.6) is 0 Å². The SMILES string of the molecule is c1ccc(-c2ccc(N(c3ccc4c5ccccc5n(-c5ccccc5)c4c3)c3cc(-c4ccccc4)ccc3-c3ccccc3)cc2)cc1. The summed E-state index contributed by atoms with van der Waals surface area (Å²) in [7, 11) is 0. The maximum absolute atomic E-state index is 2.43. The third kappa shape index (κ3) is 5.34. The number of rotatable bonds is 7. The second-order valence-corrected chi connectivity index (χ2v) is 12.6. The largest absolute Gasteiger partial charge is 0.310 e. The highest BCUT2D eigenvalue weighted by Gasteiger charge is 2.21. The summed E-state index contributed by atoms with van der Waals surface area (Å²) >= 11 is 0. The summed E-state index contributed by atoms with van der Waals surface area (Å²) in [6.07, 6.45) is 0. The van der Waals surface area contributed by atoms with Gasteiger partial charge in [-0.2, -0.15) is 0 Å². The second-order valence-electron chi connectivity index (χ2n) is 12.6. The fraction of sp³-hybridized carbons (Fsp3) is 0. The molecule has 0 aliphatic carbocycles. The van der Waals surface area contributed by atoms with Crippen LogP contribution >= 0.6 is 0 Å². The van der Waals surface area contributed by atoms with Crippen molar-refractivity contribution in [2.75, 3.05) is 4.90 Å². The van der Waals surface area contributed by atoms with Gasteiger partial charge < -0.3 is 9.47 Å². The predicted octanol–water partition coefficient (Wildman–Crippen LogP) is 13.3. The number of hydrogen-bond acceptors (Lipinski definition) is 1. The summed E-state index contributed by atoms with van der Waals surface area (Å²) in [5.41, 5.74) is 13.9. The Labute approximate surface area is 292 Å². The number of nitrogens with zero attached hydrogens (tertiary/aromatic N) is 2. The molecule has 0 spiro atoms. The molecule has 50 heavy (non-hydrogen) atoms. The van der Waals surface area contributed by atoms with Crippen LogP contribution in [0.2, 0.25) is 0 Å². The summed E-state index contributed by atoms with van der Waals surface area (Å²) in [6.45, 7) is 0. The van der Waals surface area contributed by atoms with Gasteiger partial charge in [-0.15, -0.1) is 0 Å². The van der Waals surface area contributed by atoms with Crippen LogP contribution in [0.3, 0.4) is 0 Å². The average molecular weight is 639 g/mol. The Bertz CT molecular complexity index is 2550. The molecule has 0 atom stereocenters. The average Bonchev–Trinajstić information content (AvgIpc) is 3.53. The molecule has 0 radical (unpaired) electrons. The van der Waals surface area contributed by atoms with Crippen LogP contribution in [0.4, 0.5) is 17.1 Å². The van der Waals surface area contributed by atoms with Crippen LogP contribution in [-0.4, -0.2) is 4.57 Å². The van der Waals surface area contributed by atoms with Crippen LogP contribution < -0.4 is 4.90 Å². The first-order valence-electron chi connectivity index (χ1n) is 17.1. The monoisotopic (exact) mass is 638 g/mol. The maximum atomic E-state index is 2.43. The van der Waals surface area contributed by atoms with Crippen molar-refractivity contribution in [2.45, 2.75) is 0 Å². The molecule has 0 saturated carbocycles. The van der Waals surface area contributed by atoms with E-state index in [2.05, 4.69) is 216 Å². The van der Waals surface area contributed by atoms with Crippen molar-refractivity contribution in [2.24, 2.45) is 0 Å². The highest BCUT2D eigenvalue weighted by atomic mass is 15.1. The zero-order chi connectivity index (χ0) is 33.3. The first kappa shape index (κ1) is 29.5. The van der Waals surface area contributed by atoms with Gasteiger partial charge in [0.05, 0.1) is 16.7 Å². The minimum Gasteiger partial charge on any atom is -0.310 e. The molecule has 0 bridgehead atoms. The van der Waals surface area contributed by atoms with Gasteiger partial charge in [-0.3, -0.25) is 0 Å². The summed E-state index contributed by atoms with van der Waals surface area (Å²) < 4.78 is 2.39. The van der Waals surface area contributed by atoms with Gasteiger partial charge in [0.15, 0.2) is 0 Å². The lowest BCUT2D eigenvalue weighted by Gasteiger charge is -2.29. The molecule has 0 unspecified atom stereocenters. The molecular weight excluding hydrogens is 605 g/mol. The van der Waals surface area contributed by atoms with E-state index in [-0.39, 0.29) is 0 Å². The smallest absolute Gasteiger partial charge is 0.0561 e. The van der Waals surface area contributed by atoms with E-state index in [1.165, 1.54) is 55.2 Å². The molecule has 236 valence electrons. The molecule has 2 heteroatoms. The van der Waals surface area contributed by atoms with E-state index >= 15 is 0 Å². The van der Waals surface area contributed by atoms with Gasteiger partial charge >= 0.3 is 0 Å². The highest BCUT2D eigenvalue weighted by molar-refractivity contribution is 6.10. The Hall–Kier alpha value is -6.64. The molecule has 8 aromatic carbocycles. The quantitative estimate of drug-likeness (QED) is 0.169. The molecule has 0 amide bonds. The molecule has 0 fully saturated rings. The molecule has 2 nitrogen and oxygen atoms in total. The summed E-state index contributed by atoms with van der Waals surface area (Å²) in [4.78, 5) is 2.43. The summed E-state index contributed by atoms with van der Waals surface area (Å²) in [5, 5.41) is 2.47. The van der Waals surface area contributed by atoms with Crippen molar-refractivity contribution in [1.82, 2.24) is 4.57 Å². The Morgan fingerprint density at radius 3 is 1.50 bits per heavy atom. The Morgan fingerprint density at radius 2 is 0.820 bits per heavy atom. The van der Waals surface area contributed by atoms with Crippen molar-refractivity contribution >= 4 is 38.9 Å². The number of hydrogen-bond donors (Lipinski definition) is 0. The van der Waals surface area contributed by atoms with Crippen molar-refractivity contribution in [3.8, 4) is 39.1 Å². The first-order chi connectivity index (χ1) is 24.8. The number of anilines is 3. The molecule has 1 aromatic heterocycles. The zero-order valence-electron chi connectivity index (χ0n) is 27.5. The van der Waals surface area contributed by atoms with Crippen LogP contribution in [0.1, 0.15) is 0 Å². The van der Waals surface area contributed by atoms with Crippen LogP contribution in [0.15, 0.2) is 206 Å². The van der Waals surface area contributed by atoms with Gasteiger partial charge in [-0.05, 0) is 76.3 Å². The number of para-hydroxylation sites is 2. The normalized spacial score (nSPS) is 11.2. The van der Waals surface area contributed by atoms with E-state index in [0.717, 1.165) is 22.7 Å². The molecular formula is C48H34N2. The number of aromatic nitrogens is 1. The molecule has 0 aliphatic rings. The van der Waals surface area contributed by atoms with Crippen LogP contribution in [0, 0.1) is 0 Å². The lowest BCUT2D eigenvalue weighted by atomic mass is 9.96. The Balaban J connectivity index is 1.32. The van der Waals surface area contributed by atoms with E-state index in [4.69, 9.17) is 0 Å².